The van der Waals surface area contributed by atoms with Gasteiger partial charge in [0.1, 0.15) is 0 Å². The van der Waals surface area contributed by atoms with Crippen LogP contribution in [0.3, 0.4) is 0 Å². The standard InChI is InChI=1S/C19H15IN2O3/c1-12-4-7-15(11-16(12)20)22-18(23)13-5-8-14(9-6-13)21-19(24)17-3-2-10-25-17/h2-11H,1H3,(H,21,24)(H,22,23). The minimum atomic E-state index is -0.337. The molecule has 126 valence electrons. The summed E-state index contributed by atoms with van der Waals surface area (Å²) >= 11 is 2.23. The lowest BCUT2D eigenvalue weighted by molar-refractivity contribution is 0.0995. The first kappa shape index (κ1) is 17.2. The number of nitrogens with one attached hydrogen (secondary N) is 2. The van der Waals surface area contributed by atoms with Gasteiger partial charge in [-0.15, -0.1) is 0 Å². The molecule has 0 fully saturated rings. The molecule has 2 aromatic carbocycles. The van der Waals surface area contributed by atoms with Gasteiger partial charge in [0.05, 0.1) is 6.26 Å². The highest BCUT2D eigenvalue weighted by Gasteiger charge is 2.10. The van der Waals surface area contributed by atoms with Crippen LogP contribution in [0.15, 0.2) is 65.3 Å². The number of hydrogen-bond donors (Lipinski definition) is 2. The van der Waals surface area contributed by atoms with Gasteiger partial charge in [-0.25, -0.2) is 0 Å². The zero-order valence-corrected chi connectivity index (χ0v) is 15.5. The van der Waals surface area contributed by atoms with Crippen molar-refractivity contribution in [3.63, 3.8) is 0 Å². The molecule has 0 bridgehead atoms. The molecule has 25 heavy (non-hydrogen) atoms. The number of amides is 2. The second kappa shape index (κ2) is 7.52. The third-order valence-electron chi connectivity index (χ3n) is 3.58. The molecule has 0 saturated heterocycles. The number of halogens is 1. The molecule has 3 rings (SSSR count). The molecule has 0 aliphatic heterocycles. The smallest absolute Gasteiger partial charge is 0.291 e. The molecule has 0 atom stereocenters. The lowest BCUT2D eigenvalue weighted by Crippen LogP contribution is -2.13. The van der Waals surface area contributed by atoms with Crippen LogP contribution in [0, 0.1) is 10.5 Å². The maximum atomic E-state index is 12.3. The summed E-state index contributed by atoms with van der Waals surface area (Å²) in [4.78, 5) is 24.2. The third-order valence-corrected chi connectivity index (χ3v) is 4.74. The normalized spacial score (nSPS) is 10.3. The fourth-order valence-corrected chi connectivity index (χ4v) is 2.69. The first-order valence-electron chi connectivity index (χ1n) is 7.55. The average Bonchev–Trinajstić information content (AvgIpc) is 3.13. The molecule has 0 saturated carbocycles. The Morgan fingerprint density at radius 3 is 2.24 bits per heavy atom. The van der Waals surface area contributed by atoms with E-state index in [0.717, 1.165) is 14.8 Å². The van der Waals surface area contributed by atoms with Crippen molar-refractivity contribution in [3.8, 4) is 0 Å². The number of furan rings is 1. The summed E-state index contributed by atoms with van der Waals surface area (Å²) in [6.45, 7) is 2.02. The molecule has 1 aromatic heterocycles. The minimum absolute atomic E-state index is 0.205. The molecule has 0 radical (unpaired) electrons. The zero-order valence-electron chi connectivity index (χ0n) is 13.4. The van der Waals surface area contributed by atoms with E-state index in [-0.39, 0.29) is 17.6 Å². The van der Waals surface area contributed by atoms with Crippen molar-refractivity contribution in [3.05, 3.63) is 81.3 Å². The summed E-state index contributed by atoms with van der Waals surface area (Å²) in [5.74, 6) is -0.309. The van der Waals surface area contributed by atoms with E-state index in [1.54, 1.807) is 36.4 Å². The summed E-state index contributed by atoms with van der Waals surface area (Å²) in [5, 5.41) is 5.57. The molecule has 0 unspecified atom stereocenters. The number of carbonyl (C=O) groups excluding carboxylic acids is 2. The van der Waals surface area contributed by atoms with E-state index in [9.17, 15) is 9.59 Å². The Balaban J connectivity index is 1.66. The maximum absolute atomic E-state index is 12.3. The van der Waals surface area contributed by atoms with Crippen LogP contribution in [-0.2, 0) is 0 Å². The number of aryl methyl sites for hydroxylation is 1. The molecule has 0 aliphatic carbocycles. The van der Waals surface area contributed by atoms with E-state index < -0.39 is 0 Å². The first-order valence-corrected chi connectivity index (χ1v) is 8.63. The predicted molar refractivity (Wildman–Crippen MR) is 105 cm³/mol. The van der Waals surface area contributed by atoms with Gasteiger partial charge in [-0.2, -0.15) is 0 Å². The number of carbonyl (C=O) groups is 2. The van der Waals surface area contributed by atoms with Crippen LogP contribution >= 0.6 is 22.6 Å². The van der Waals surface area contributed by atoms with E-state index in [0.29, 0.717) is 11.3 Å². The van der Waals surface area contributed by atoms with E-state index in [1.807, 2.05) is 25.1 Å². The summed E-state index contributed by atoms with van der Waals surface area (Å²) in [6.07, 6.45) is 1.44. The van der Waals surface area contributed by atoms with Gasteiger partial charge in [0, 0.05) is 20.5 Å². The minimum Gasteiger partial charge on any atom is -0.459 e. The lowest BCUT2D eigenvalue weighted by Gasteiger charge is -2.08. The Bertz CT molecular complexity index is 903. The van der Waals surface area contributed by atoms with Gasteiger partial charge in [-0.1, -0.05) is 6.07 Å². The van der Waals surface area contributed by atoms with Crippen LogP contribution < -0.4 is 10.6 Å². The van der Waals surface area contributed by atoms with Gasteiger partial charge < -0.3 is 15.1 Å². The molecule has 6 heteroatoms. The fraction of sp³-hybridized carbons (Fsp3) is 0.0526. The Morgan fingerprint density at radius 2 is 1.60 bits per heavy atom. The maximum Gasteiger partial charge on any atom is 0.291 e. The van der Waals surface area contributed by atoms with Crippen LogP contribution in [0.2, 0.25) is 0 Å². The molecule has 1 heterocycles. The Morgan fingerprint density at radius 1 is 0.920 bits per heavy atom. The molecule has 0 aliphatic rings. The number of anilines is 2. The van der Waals surface area contributed by atoms with Crippen LogP contribution in [0.4, 0.5) is 11.4 Å². The number of hydrogen-bond acceptors (Lipinski definition) is 3. The quantitative estimate of drug-likeness (QED) is 0.571. The Kier molecular flexibility index (Phi) is 5.18. The van der Waals surface area contributed by atoms with Gasteiger partial charge in [-0.3, -0.25) is 9.59 Å². The predicted octanol–water partition coefficient (Wildman–Crippen LogP) is 4.70. The molecular formula is C19H15IN2O3. The Hall–Kier alpha value is -2.61. The molecule has 2 N–H and O–H groups in total. The van der Waals surface area contributed by atoms with E-state index >= 15 is 0 Å². The van der Waals surface area contributed by atoms with E-state index in [4.69, 9.17) is 4.42 Å². The van der Waals surface area contributed by atoms with Crippen molar-refractivity contribution in [2.45, 2.75) is 6.92 Å². The SMILES string of the molecule is Cc1ccc(NC(=O)c2ccc(NC(=O)c3ccco3)cc2)cc1I. The molecule has 5 nitrogen and oxygen atoms in total. The van der Waals surface area contributed by atoms with Crippen molar-refractivity contribution in [2.75, 3.05) is 10.6 Å². The van der Waals surface area contributed by atoms with Gasteiger partial charge in [0.15, 0.2) is 5.76 Å². The number of benzene rings is 2. The van der Waals surface area contributed by atoms with Crippen molar-refractivity contribution in [1.82, 2.24) is 0 Å². The zero-order chi connectivity index (χ0) is 17.8. The summed E-state index contributed by atoms with van der Waals surface area (Å²) in [6, 6.07) is 15.7. The summed E-state index contributed by atoms with van der Waals surface area (Å²) in [5.41, 5.74) is 3.00. The molecule has 2 amide bonds. The van der Waals surface area contributed by atoms with Crippen LogP contribution in [0.1, 0.15) is 26.5 Å². The van der Waals surface area contributed by atoms with Gasteiger partial charge in [-0.05, 0) is 83.6 Å². The average molecular weight is 446 g/mol. The Labute approximate surface area is 158 Å². The van der Waals surface area contributed by atoms with Crippen LogP contribution in [0.25, 0.3) is 0 Å². The van der Waals surface area contributed by atoms with E-state index in [2.05, 4.69) is 33.2 Å². The highest BCUT2D eigenvalue weighted by molar-refractivity contribution is 14.1. The largest absolute Gasteiger partial charge is 0.459 e. The first-order chi connectivity index (χ1) is 12.0. The van der Waals surface area contributed by atoms with Gasteiger partial charge in [0.2, 0.25) is 0 Å². The molecule has 0 spiro atoms. The summed E-state index contributed by atoms with van der Waals surface area (Å²) < 4.78 is 6.13. The monoisotopic (exact) mass is 446 g/mol. The highest BCUT2D eigenvalue weighted by atomic mass is 127. The van der Waals surface area contributed by atoms with Crippen molar-refractivity contribution >= 4 is 45.8 Å². The lowest BCUT2D eigenvalue weighted by atomic mass is 10.1. The van der Waals surface area contributed by atoms with E-state index in [1.165, 1.54) is 6.26 Å². The third kappa shape index (κ3) is 4.27. The highest BCUT2D eigenvalue weighted by Crippen LogP contribution is 2.18. The molecular weight excluding hydrogens is 431 g/mol. The van der Waals surface area contributed by atoms with Crippen LogP contribution in [-0.4, -0.2) is 11.8 Å². The van der Waals surface area contributed by atoms with Crippen molar-refractivity contribution in [2.24, 2.45) is 0 Å². The second-order valence-electron chi connectivity index (χ2n) is 5.43. The molecule has 3 aromatic rings. The topological polar surface area (TPSA) is 71.3 Å². The van der Waals surface area contributed by atoms with Crippen molar-refractivity contribution < 1.29 is 14.0 Å². The van der Waals surface area contributed by atoms with Crippen LogP contribution in [0.5, 0.6) is 0 Å². The number of rotatable bonds is 4. The van der Waals surface area contributed by atoms with Gasteiger partial charge in [0.25, 0.3) is 11.8 Å². The summed E-state index contributed by atoms with van der Waals surface area (Å²) in [7, 11) is 0. The fourth-order valence-electron chi connectivity index (χ4n) is 2.18. The second-order valence-corrected chi connectivity index (χ2v) is 6.59. The van der Waals surface area contributed by atoms with Crippen molar-refractivity contribution in [1.29, 1.82) is 0 Å². The van der Waals surface area contributed by atoms with Gasteiger partial charge >= 0.3 is 0 Å².